The maximum atomic E-state index is 13.8. The van der Waals surface area contributed by atoms with Crippen LogP contribution in [0.1, 0.15) is 41.8 Å². The number of carbonyl (C=O) groups excluding carboxylic acids is 2. The number of para-hydroxylation sites is 1. The Morgan fingerprint density at radius 1 is 0.949 bits per heavy atom. The molecule has 8 heteroatoms. The number of fused-ring (bicyclic) bond motifs is 1. The Bertz CT molecular complexity index is 1520. The molecule has 4 rings (SSSR count). The molecule has 0 aliphatic carbocycles. The molecule has 0 N–H and O–H groups in total. The topological polar surface area (TPSA) is 70.8 Å². The van der Waals surface area contributed by atoms with E-state index in [2.05, 4.69) is 29.8 Å². The van der Waals surface area contributed by atoms with Crippen LogP contribution in [-0.2, 0) is 17.9 Å². The summed E-state index contributed by atoms with van der Waals surface area (Å²) in [5.41, 5.74) is 1.72. The molecule has 0 aliphatic heterocycles. The summed E-state index contributed by atoms with van der Waals surface area (Å²) >= 11 is 3.41. The molecular formula is C31H30BrFN2O4. The van der Waals surface area contributed by atoms with E-state index in [-0.39, 0.29) is 42.7 Å². The molecule has 4 aromatic rings. The minimum atomic E-state index is -0.383. The highest BCUT2D eigenvalue weighted by Gasteiger charge is 2.24. The fourth-order valence-electron chi connectivity index (χ4n) is 4.21. The molecule has 6 nitrogen and oxygen atoms in total. The third-order valence-electron chi connectivity index (χ3n) is 6.41. The van der Waals surface area contributed by atoms with Gasteiger partial charge in [-0.05, 0) is 60.4 Å². The lowest BCUT2D eigenvalue weighted by Crippen LogP contribution is -2.43. The summed E-state index contributed by atoms with van der Waals surface area (Å²) in [6.07, 6.45) is 2.10. The second-order valence-electron chi connectivity index (χ2n) is 9.88. The molecule has 0 atom stereocenters. The molecular weight excluding hydrogens is 563 g/mol. The quantitative estimate of drug-likeness (QED) is 0.213. The molecule has 0 bridgehead atoms. The third-order valence-corrected chi connectivity index (χ3v) is 6.91. The summed E-state index contributed by atoms with van der Waals surface area (Å²) in [7, 11) is 0. The van der Waals surface area contributed by atoms with E-state index in [1.54, 1.807) is 59.5 Å². The predicted octanol–water partition coefficient (Wildman–Crippen LogP) is 6.41. The molecule has 2 amide bonds. The molecule has 1 heterocycles. The first kappa shape index (κ1) is 28.2. The molecule has 0 fully saturated rings. The van der Waals surface area contributed by atoms with Crippen LogP contribution in [0.4, 0.5) is 4.39 Å². The largest absolute Gasteiger partial charge is 0.464 e. The van der Waals surface area contributed by atoms with E-state index in [1.165, 1.54) is 23.3 Å². The maximum Gasteiger partial charge on any atom is 0.254 e. The Morgan fingerprint density at radius 2 is 1.69 bits per heavy atom. The maximum absolute atomic E-state index is 13.8. The van der Waals surface area contributed by atoms with Gasteiger partial charge in [0.25, 0.3) is 5.91 Å². The van der Waals surface area contributed by atoms with E-state index in [4.69, 9.17) is 4.42 Å². The molecule has 0 unspecified atom stereocenters. The molecule has 3 aromatic carbocycles. The molecule has 0 saturated heterocycles. The third kappa shape index (κ3) is 7.41. The summed E-state index contributed by atoms with van der Waals surface area (Å²) in [5.74, 6) is -0.641. The zero-order valence-corrected chi connectivity index (χ0v) is 23.5. The van der Waals surface area contributed by atoms with Crippen molar-refractivity contribution in [3.05, 3.63) is 116 Å². The lowest BCUT2D eigenvalue weighted by Gasteiger charge is -2.28. The van der Waals surface area contributed by atoms with Gasteiger partial charge in [-0.15, -0.1) is 0 Å². The number of benzene rings is 3. The second-order valence-corrected chi connectivity index (χ2v) is 10.8. The minimum Gasteiger partial charge on any atom is -0.464 e. The molecule has 0 radical (unpaired) electrons. The van der Waals surface area contributed by atoms with Gasteiger partial charge in [-0.2, -0.15) is 0 Å². The van der Waals surface area contributed by atoms with Crippen molar-refractivity contribution in [1.29, 1.82) is 0 Å². The molecule has 202 valence electrons. The monoisotopic (exact) mass is 592 g/mol. The normalized spacial score (nSPS) is 11.1. The fourth-order valence-corrected chi connectivity index (χ4v) is 4.61. The van der Waals surface area contributed by atoms with Crippen molar-refractivity contribution in [1.82, 2.24) is 9.80 Å². The van der Waals surface area contributed by atoms with Crippen molar-refractivity contribution in [2.75, 3.05) is 13.1 Å². The van der Waals surface area contributed by atoms with E-state index in [0.29, 0.717) is 40.1 Å². The SMILES string of the molecule is CC(C)CCN(CC(=O)N(Cc1ccc(F)cc1)Cc1coc2ccccc2c1=O)C(=O)c1cccc(Br)c1. The zero-order chi connectivity index (χ0) is 27.9. The summed E-state index contributed by atoms with van der Waals surface area (Å²) < 4.78 is 20.0. The van der Waals surface area contributed by atoms with E-state index >= 15 is 0 Å². The minimum absolute atomic E-state index is 0.0214. The van der Waals surface area contributed by atoms with Crippen molar-refractivity contribution < 1.29 is 18.4 Å². The van der Waals surface area contributed by atoms with Gasteiger partial charge in [-0.1, -0.05) is 60.1 Å². The first-order valence-electron chi connectivity index (χ1n) is 12.8. The van der Waals surface area contributed by atoms with Crippen LogP contribution in [0.25, 0.3) is 11.0 Å². The van der Waals surface area contributed by atoms with Crippen LogP contribution in [0, 0.1) is 11.7 Å². The van der Waals surface area contributed by atoms with Crippen molar-refractivity contribution in [3.8, 4) is 0 Å². The summed E-state index contributed by atoms with van der Waals surface area (Å²) in [5, 5.41) is 0.424. The van der Waals surface area contributed by atoms with Gasteiger partial charge in [-0.25, -0.2) is 4.39 Å². The van der Waals surface area contributed by atoms with E-state index in [9.17, 15) is 18.8 Å². The zero-order valence-electron chi connectivity index (χ0n) is 21.9. The lowest BCUT2D eigenvalue weighted by molar-refractivity contribution is -0.133. The first-order chi connectivity index (χ1) is 18.7. The lowest BCUT2D eigenvalue weighted by atomic mass is 10.1. The number of rotatable bonds is 10. The van der Waals surface area contributed by atoms with Crippen molar-refractivity contribution in [2.45, 2.75) is 33.4 Å². The van der Waals surface area contributed by atoms with Crippen LogP contribution in [0.2, 0.25) is 0 Å². The molecule has 0 saturated carbocycles. The summed E-state index contributed by atoms with van der Waals surface area (Å²) in [6, 6.07) is 19.8. The van der Waals surface area contributed by atoms with Gasteiger partial charge in [-0.3, -0.25) is 14.4 Å². The highest BCUT2D eigenvalue weighted by Crippen LogP contribution is 2.17. The van der Waals surface area contributed by atoms with E-state index in [0.717, 1.165) is 10.9 Å². The number of nitrogens with zero attached hydrogens (tertiary/aromatic N) is 2. The number of hydrogen-bond acceptors (Lipinski definition) is 4. The average molecular weight is 593 g/mol. The van der Waals surface area contributed by atoms with Gasteiger partial charge >= 0.3 is 0 Å². The number of halogens is 2. The van der Waals surface area contributed by atoms with Gasteiger partial charge in [0.1, 0.15) is 17.9 Å². The smallest absolute Gasteiger partial charge is 0.254 e. The van der Waals surface area contributed by atoms with Gasteiger partial charge in [0.15, 0.2) is 5.43 Å². The van der Waals surface area contributed by atoms with Crippen molar-refractivity contribution in [3.63, 3.8) is 0 Å². The van der Waals surface area contributed by atoms with Crippen LogP contribution >= 0.6 is 15.9 Å². The number of hydrogen-bond donors (Lipinski definition) is 0. The molecule has 39 heavy (non-hydrogen) atoms. The summed E-state index contributed by atoms with van der Waals surface area (Å²) in [6.45, 7) is 4.46. The van der Waals surface area contributed by atoms with Gasteiger partial charge in [0, 0.05) is 23.1 Å². The van der Waals surface area contributed by atoms with Crippen molar-refractivity contribution in [2.24, 2.45) is 5.92 Å². The number of carbonyl (C=O) groups is 2. The van der Waals surface area contributed by atoms with Gasteiger partial charge in [0.2, 0.25) is 5.91 Å². The Kier molecular flexibility index (Phi) is 9.30. The van der Waals surface area contributed by atoms with Crippen LogP contribution < -0.4 is 5.43 Å². The summed E-state index contributed by atoms with van der Waals surface area (Å²) in [4.78, 5) is 43.5. The second kappa shape index (κ2) is 12.8. The molecule has 0 spiro atoms. The Morgan fingerprint density at radius 3 is 2.41 bits per heavy atom. The Hall–Kier alpha value is -3.78. The highest BCUT2D eigenvalue weighted by atomic mass is 79.9. The number of amides is 2. The van der Waals surface area contributed by atoms with Crippen molar-refractivity contribution >= 4 is 38.7 Å². The van der Waals surface area contributed by atoms with Gasteiger partial charge in [0.05, 0.1) is 23.8 Å². The first-order valence-corrected chi connectivity index (χ1v) is 13.6. The van der Waals surface area contributed by atoms with Gasteiger partial charge < -0.3 is 14.2 Å². The van der Waals surface area contributed by atoms with Crippen LogP contribution in [0.15, 0.2) is 92.7 Å². The van der Waals surface area contributed by atoms with Crippen LogP contribution in [0.5, 0.6) is 0 Å². The average Bonchev–Trinajstić information content (AvgIpc) is 2.92. The molecule has 1 aromatic heterocycles. The van der Waals surface area contributed by atoms with Crippen LogP contribution in [-0.4, -0.2) is 34.7 Å². The Balaban J connectivity index is 1.64. The van der Waals surface area contributed by atoms with E-state index < -0.39 is 0 Å². The highest BCUT2D eigenvalue weighted by molar-refractivity contribution is 9.10. The van der Waals surface area contributed by atoms with E-state index in [1.807, 2.05) is 6.07 Å². The molecule has 0 aliphatic rings. The standard InChI is InChI=1S/C31H30BrFN2O4/c1-21(2)14-15-34(31(38)23-6-5-7-25(32)16-23)19-29(36)35(17-22-10-12-26(33)13-11-22)18-24-20-39-28-9-4-3-8-27(28)30(24)37/h3-13,16,20-21H,14-15,17-19H2,1-2H3. The Labute approximate surface area is 235 Å². The predicted molar refractivity (Wildman–Crippen MR) is 153 cm³/mol. The fraction of sp³-hybridized carbons (Fsp3) is 0.258. The van der Waals surface area contributed by atoms with Crippen LogP contribution in [0.3, 0.4) is 0 Å².